The molecule has 0 saturated carbocycles. The first-order chi connectivity index (χ1) is 13.7. The molecule has 0 aliphatic carbocycles. The zero-order chi connectivity index (χ0) is 19.3. The highest BCUT2D eigenvalue weighted by Gasteiger charge is 2.27. The standard InChI is InChI=1S/C21H23N5O2/c27-20-14-19(22-15-23-20)16-5-3-6-17(13-16)21(28)26-11-2-1-7-18(26)8-12-25-10-4-9-24-25/h3-6,9-10,13-15,18H,1-2,7-8,11-12H2,(H,22,23,27)/t18-/m0/s1. The van der Waals surface area contributed by atoms with E-state index in [4.69, 9.17) is 0 Å². The molecule has 1 aromatic carbocycles. The van der Waals surface area contributed by atoms with Crippen molar-refractivity contribution in [3.63, 3.8) is 0 Å². The highest BCUT2D eigenvalue weighted by Crippen LogP contribution is 2.24. The lowest BCUT2D eigenvalue weighted by molar-refractivity contribution is 0.0594. The molecule has 0 spiro atoms. The molecule has 1 atom stereocenters. The van der Waals surface area contributed by atoms with E-state index in [1.54, 1.807) is 6.20 Å². The van der Waals surface area contributed by atoms with E-state index >= 15 is 0 Å². The van der Waals surface area contributed by atoms with Gasteiger partial charge < -0.3 is 9.88 Å². The van der Waals surface area contributed by atoms with Crippen LogP contribution in [0.15, 0.2) is 59.9 Å². The van der Waals surface area contributed by atoms with Gasteiger partial charge in [0.25, 0.3) is 11.5 Å². The Morgan fingerprint density at radius 3 is 2.96 bits per heavy atom. The van der Waals surface area contributed by atoms with E-state index in [-0.39, 0.29) is 17.5 Å². The number of rotatable bonds is 5. The van der Waals surface area contributed by atoms with Crippen molar-refractivity contribution < 1.29 is 4.79 Å². The van der Waals surface area contributed by atoms with Crippen molar-refractivity contribution in [2.75, 3.05) is 6.54 Å². The first-order valence-corrected chi connectivity index (χ1v) is 9.64. The van der Waals surface area contributed by atoms with Gasteiger partial charge in [0.15, 0.2) is 0 Å². The van der Waals surface area contributed by atoms with Crippen molar-refractivity contribution in [3.8, 4) is 11.3 Å². The fraction of sp³-hybridized carbons (Fsp3) is 0.333. The number of aromatic amines is 1. The van der Waals surface area contributed by atoms with E-state index < -0.39 is 0 Å². The monoisotopic (exact) mass is 377 g/mol. The molecule has 28 heavy (non-hydrogen) atoms. The van der Waals surface area contributed by atoms with Crippen molar-refractivity contribution in [3.05, 3.63) is 71.0 Å². The molecule has 1 fully saturated rings. The van der Waals surface area contributed by atoms with Crippen LogP contribution in [0.5, 0.6) is 0 Å². The molecular weight excluding hydrogens is 354 g/mol. The molecule has 0 unspecified atom stereocenters. The van der Waals surface area contributed by atoms with Crippen molar-refractivity contribution in [1.29, 1.82) is 0 Å². The fourth-order valence-corrected chi connectivity index (χ4v) is 3.79. The Balaban J connectivity index is 1.53. The van der Waals surface area contributed by atoms with Crippen LogP contribution in [0.3, 0.4) is 0 Å². The van der Waals surface area contributed by atoms with Crippen LogP contribution >= 0.6 is 0 Å². The Kier molecular flexibility index (Phi) is 5.32. The fourth-order valence-electron chi connectivity index (χ4n) is 3.79. The Hall–Kier alpha value is -3.22. The highest BCUT2D eigenvalue weighted by molar-refractivity contribution is 5.95. The summed E-state index contributed by atoms with van der Waals surface area (Å²) in [5.74, 6) is 0.0388. The molecule has 144 valence electrons. The van der Waals surface area contributed by atoms with Gasteiger partial charge in [0.2, 0.25) is 0 Å². The van der Waals surface area contributed by atoms with Crippen LogP contribution in [0.4, 0.5) is 0 Å². The number of likely N-dealkylation sites (tertiary alicyclic amines) is 1. The average molecular weight is 377 g/mol. The number of piperidine rings is 1. The maximum absolute atomic E-state index is 13.2. The van der Waals surface area contributed by atoms with E-state index in [0.717, 1.165) is 44.3 Å². The molecule has 0 radical (unpaired) electrons. The molecule has 1 saturated heterocycles. The molecule has 0 bridgehead atoms. The predicted octanol–water partition coefficient (Wildman–Crippen LogP) is 2.72. The Morgan fingerprint density at radius 1 is 1.21 bits per heavy atom. The van der Waals surface area contributed by atoms with Gasteiger partial charge in [0.05, 0.1) is 12.0 Å². The number of aromatic nitrogens is 4. The predicted molar refractivity (Wildman–Crippen MR) is 106 cm³/mol. The number of H-pyrrole nitrogens is 1. The van der Waals surface area contributed by atoms with E-state index in [1.165, 1.54) is 12.4 Å². The van der Waals surface area contributed by atoms with Crippen LogP contribution in [0.2, 0.25) is 0 Å². The van der Waals surface area contributed by atoms with Gasteiger partial charge in [-0.25, -0.2) is 4.98 Å². The average Bonchev–Trinajstić information content (AvgIpc) is 3.26. The van der Waals surface area contributed by atoms with Crippen LogP contribution in [0.25, 0.3) is 11.3 Å². The number of nitrogens with zero attached hydrogens (tertiary/aromatic N) is 4. The molecule has 4 rings (SSSR count). The van der Waals surface area contributed by atoms with Crippen molar-refractivity contribution in [2.45, 2.75) is 38.3 Å². The number of benzene rings is 1. The number of nitrogens with one attached hydrogen (secondary N) is 1. The van der Waals surface area contributed by atoms with Gasteiger partial charge in [0, 0.05) is 48.7 Å². The molecule has 7 heteroatoms. The largest absolute Gasteiger partial charge is 0.336 e. The van der Waals surface area contributed by atoms with E-state index in [1.807, 2.05) is 46.1 Å². The molecule has 2 aromatic heterocycles. The third kappa shape index (κ3) is 4.03. The summed E-state index contributed by atoms with van der Waals surface area (Å²) < 4.78 is 1.91. The zero-order valence-corrected chi connectivity index (χ0v) is 15.6. The molecule has 1 aliphatic heterocycles. The molecule has 3 heterocycles. The number of carbonyl (C=O) groups is 1. The van der Waals surface area contributed by atoms with Gasteiger partial charge in [-0.3, -0.25) is 14.3 Å². The Bertz CT molecular complexity index is 996. The molecule has 1 amide bonds. The minimum Gasteiger partial charge on any atom is -0.336 e. The minimum atomic E-state index is -0.212. The van der Waals surface area contributed by atoms with E-state index in [2.05, 4.69) is 15.1 Å². The van der Waals surface area contributed by atoms with Crippen molar-refractivity contribution in [2.24, 2.45) is 0 Å². The second kappa shape index (κ2) is 8.21. The van der Waals surface area contributed by atoms with Crippen LogP contribution in [-0.2, 0) is 6.54 Å². The summed E-state index contributed by atoms with van der Waals surface area (Å²) in [5, 5.41) is 4.26. The minimum absolute atomic E-state index is 0.0388. The molecule has 1 N–H and O–H groups in total. The molecule has 1 aliphatic rings. The topological polar surface area (TPSA) is 83.9 Å². The highest BCUT2D eigenvalue weighted by atomic mass is 16.2. The van der Waals surface area contributed by atoms with Gasteiger partial charge in [-0.05, 0) is 43.9 Å². The van der Waals surface area contributed by atoms with E-state index in [0.29, 0.717) is 11.3 Å². The first-order valence-electron chi connectivity index (χ1n) is 9.64. The Morgan fingerprint density at radius 2 is 2.14 bits per heavy atom. The van der Waals surface area contributed by atoms with Gasteiger partial charge in [-0.15, -0.1) is 0 Å². The second-order valence-corrected chi connectivity index (χ2v) is 7.08. The summed E-state index contributed by atoms with van der Waals surface area (Å²) in [6.07, 6.45) is 9.18. The van der Waals surface area contributed by atoms with Crippen LogP contribution < -0.4 is 5.56 Å². The lowest BCUT2D eigenvalue weighted by atomic mass is 9.97. The number of hydrogen-bond acceptors (Lipinski definition) is 4. The number of hydrogen-bond donors (Lipinski definition) is 1. The zero-order valence-electron chi connectivity index (χ0n) is 15.6. The summed E-state index contributed by atoms with van der Waals surface area (Å²) >= 11 is 0. The van der Waals surface area contributed by atoms with Crippen molar-refractivity contribution >= 4 is 5.91 Å². The SMILES string of the molecule is O=C(c1cccc(-c2cc(=O)[nH]cn2)c1)N1CCCC[C@H]1CCn1cccn1. The van der Waals surface area contributed by atoms with Crippen molar-refractivity contribution in [1.82, 2.24) is 24.6 Å². The Labute approximate surface area is 163 Å². The number of aryl methyl sites for hydroxylation is 1. The number of amides is 1. The lowest BCUT2D eigenvalue weighted by Gasteiger charge is -2.36. The molecule has 7 nitrogen and oxygen atoms in total. The summed E-state index contributed by atoms with van der Waals surface area (Å²) in [4.78, 5) is 33.5. The smallest absolute Gasteiger partial charge is 0.254 e. The number of carbonyl (C=O) groups excluding carboxylic acids is 1. The maximum Gasteiger partial charge on any atom is 0.254 e. The summed E-state index contributed by atoms with van der Waals surface area (Å²) in [7, 11) is 0. The van der Waals surface area contributed by atoms with E-state index in [9.17, 15) is 9.59 Å². The van der Waals surface area contributed by atoms with Crippen LogP contribution in [0.1, 0.15) is 36.0 Å². The summed E-state index contributed by atoms with van der Waals surface area (Å²) in [6.45, 7) is 1.58. The molecule has 3 aromatic rings. The maximum atomic E-state index is 13.2. The van der Waals surface area contributed by atoms with Gasteiger partial charge in [0.1, 0.15) is 0 Å². The third-order valence-corrected chi connectivity index (χ3v) is 5.22. The molecular formula is C21H23N5O2. The quantitative estimate of drug-likeness (QED) is 0.741. The second-order valence-electron chi connectivity index (χ2n) is 7.08. The summed E-state index contributed by atoms with van der Waals surface area (Å²) in [5.41, 5.74) is 1.75. The van der Waals surface area contributed by atoms with Gasteiger partial charge in [-0.1, -0.05) is 12.1 Å². The van der Waals surface area contributed by atoms with Crippen LogP contribution in [0, 0.1) is 0 Å². The van der Waals surface area contributed by atoms with Crippen LogP contribution in [-0.4, -0.2) is 43.1 Å². The van der Waals surface area contributed by atoms with Gasteiger partial charge in [-0.2, -0.15) is 5.10 Å². The first kappa shape index (κ1) is 18.2. The summed E-state index contributed by atoms with van der Waals surface area (Å²) in [6, 6.07) is 10.9. The lowest BCUT2D eigenvalue weighted by Crippen LogP contribution is -2.44. The normalized spacial score (nSPS) is 16.9. The third-order valence-electron chi connectivity index (χ3n) is 5.22. The van der Waals surface area contributed by atoms with Gasteiger partial charge >= 0.3 is 0 Å².